The number of nitriles is 1. The summed E-state index contributed by atoms with van der Waals surface area (Å²) in [5.74, 6) is 0.198. The highest BCUT2D eigenvalue weighted by Gasteiger charge is 2.15. The zero-order valence-corrected chi connectivity index (χ0v) is 10.5. The highest BCUT2D eigenvalue weighted by molar-refractivity contribution is 5.74. The fourth-order valence-corrected chi connectivity index (χ4v) is 1.73. The van der Waals surface area contributed by atoms with Crippen LogP contribution in [-0.4, -0.2) is 19.7 Å². The molecule has 0 aliphatic carbocycles. The molecule has 0 atom stereocenters. The fourth-order valence-electron chi connectivity index (χ4n) is 1.73. The third-order valence-corrected chi connectivity index (χ3v) is 2.53. The van der Waals surface area contributed by atoms with Gasteiger partial charge in [0.2, 0.25) is 0 Å². The van der Waals surface area contributed by atoms with Gasteiger partial charge in [0, 0.05) is 12.1 Å². The molecule has 0 aliphatic rings. The molecule has 0 aromatic heterocycles. The van der Waals surface area contributed by atoms with Gasteiger partial charge in [-0.15, -0.1) is 0 Å². The maximum atomic E-state index is 11.4. The summed E-state index contributed by atoms with van der Waals surface area (Å²) in [5.41, 5.74) is 7.23. The molecule has 0 amide bonds. The average molecular weight is 248 g/mol. The molecule has 0 bridgehead atoms. The van der Waals surface area contributed by atoms with Crippen molar-refractivity contribution in [2.75, 3.05) is 13.7 Å². The van der Waals surface area contributed by atoms with Crippen LogP contribution in [0.3, 0.4) is 0 Å². The van der Waals surface area contributed by atoms with Crippen LogP contribution in [0.25, 0.3) is 0 Å². The van der Waals surface area contributed by atoms with Crippen LogP contribution in [-0.2, 0) is 22.5 Å². The van der Waals surface area contributed by atoms with Gasteiger partial charge in [0.05, 0.1) is 31.8 Å². The number of carbonyl (C=O) groups is 1. The number of carbonyl (C=O) groups excluding carboxylic acids is 1. The maximum Gasteiger partial charge on any atom is 0.310 e. The molecular weight excluding hydrogens is 232 g/mol. The molecule has 0 saturated carbocycles. The van der Waals surface area contributed by atoms with Crippen LogP contribution in [0.2, 0.25) is 0 Å². The quantitative estimate of drug-likeness (QED) is 0.789. The Morgan fingerprint density at radius 1 is 1.50 bits per heavy atom. The molecule has 96 valence electrons. The number of rotatable bonds is 5. The summed E-state index contributed by atoms with van der Waals surface area (Å²) >= 11 is 0. The predicted molar refractivity (Wildman–Crippen MR) is 65.9 cm³/mol. The Kier molecular flexibility index (Phi) is 5.15. The van der Waals surface area contributed by atoms with E-state index >= 15 is 0 Å². The molecule has 0 spiro atoms. The number of nitrogens with zero attached hydrogens (tertiary/aromatic N) is 1. The normalized spacial score (nSPS) is 9.67. The molecule has 0 fully saturated rings. The van der Waals surface area contributed by atoms with Crippen LogP contribution < -0.4 is 10.5 Å². The van der Waals surface area contributed by atoms with Gasteiger partial charge < -0.3 is 15.2 Å². The lowest BCUT2D eigenvalue weighted by atomic mass is 9.98. The van der Waals surface area contributed by atoms with E-state index < -0.39 is 0 Å². The number of benzene rings is 1. The Morgan fingerprint density at radius 3 is 2.72 bits per heavy atom. The lowest BCUT2D eigenvalue weighted by Crippen LogP contribution is -2.11. The standard InChI is InChI=1S/C13H16N2O3/c1-3-18-13(16)6-9-4-5-12(17-2)11(8-15)10(9)7-14/h4-5H,3,6,8,15H2,1-2H3. The monoisotopic (exact) mass is 248 g/mol. The Labute approximate surface area is 106 Å². The third-order valence-electron chi connectivity index (χ3n) is 2.53. The van der Waals surface area contributed by atoms with Gasteiger partial charge in [0.15, 0.2) is 0 Å². The van der Waals surface area contributed by atoms with Crippen molar-refractivity contribution in [3.8, 4) is 11.8 Å². The summed E-state index contributed by atoms with van der Waals surface area (Å²) in [6.45, 7) is 2.24. The van der Waals surface area contributed by atoms with Crippen molar-refractivity contribution < 1.29 is 14.3 Å². The molecule has 0 unspecified atom stereocenters. The van der Waals surface area contributed by atoms with E-state index in [1.807, 2.05) is 0 Å². The summed E-state index contributed by atoms with van der Waals surface area (Å²) in [4.78, 5) is 11.4. The van der Waals surface area contributed by atoms with Gasteiger partial charge in [-0.25, -0.2) is 0 Å². The molecule has 5 heteroatoms. The first-order valence-corrected chi connectivity index (χ1v) is 5.62. The Bertz CT molecular complexity index is 478. The van der Waals surface area contributed by atoms with E-state index in [1.165, 1.54) is 7.11 Å². The number of hydrogen-bond donors (Lipinski definition) is 1. The van der Waals surface area contributed by atoms with Gasteiger partial charge in [-0.05, 0) is 18.6 Å². The van der Waals surface area contributed by atoms with E-state index in [0.717, 1.165) is 0 Å². The molecule has 1 rings (SSSR count). The van der Waals surface area contributed by atoms with Crippen molar-refractivity contribution in [1.29, 1.82) is 5.26 Å². The highest BCUT2D eigenvalue weighted by atomic mass is 16.5. The van der Waals surface area contributed by atoms with Crippen molar-refractivity contribution in [2.24, 2.45) is 5.73 Å². The minimum Gasteiger partial charge on any atom is -0.496 e. The summed E-state index contributed by atoms with van der Waals surface area (Å²) in [6, 6.07) is 5.46. The summed E-state index contributed by atoms with van der Waals surface area (Å²) < 4.78 is 10.0. The van der Waals surface area contributed by atoms with Crippen LogP contribution in [0.15, 0.2) is 12.1 Å². The van der Waals surface area contributed by atoms with Crippen LogP contribution in [0.1, 0.15) is 23.6 Å². The van der Waals surface area contributed by atoms with Gasteiger partial charge in [-0.2, -0.15) is 5.26 Å². The Hall–Kier alpha value is -2.06. The lowest BCUT2D eigenvalue weighted by Gasteiger charge is -2.12. The fraction of sp³-hybridized carbons (Fsp3) is 0.385. The van der Waals surface area contributed by atoms with Crippen LogP contribution >= 0.6 is 0 Å². The van der Waals surface area contributed by atoms with E-state index in [0.29, 0.717) is 29.0 Å². The second kappa shape index (κ2) is 6.62. The second-order valence-electron chi connectivity index (χ2n) is 3.58. The maximum absolute atomic E-state index is 11.4. The van der Waals surface area contributed by atoms with E-state index in [2.05, 4.69) is 6.07 Å². The van der Waals surface area contributed by atoms with Crippen molar-refractivity contribution in [3.05, 3.63) is 28.8 Å². The molecule has 18 heavy (non-hydrogen) atoms. The predicted octanol–water partition coefficient (Wildman–Crippen LogP) is 1.13. The molecule has 0 heterocycles. The van der Waals surface area contributed by atoms with Gasteiger partial charge in [-0.3, -0.25) is 4.79 Å². The number of methoxy groups -OCH3 is 1. The molecule has 0 saturated heterocycles. The zero-order valence-electron chi connectivity index (χ0n) is 10.5. The number of nitrogens with two attached hydrogens (primary N) is 1. The molecule has 2 N–H and O–H groups in total. The van der Waals surface area contributed by atoms with E-state index in [4.69, 9.17) is 15.2 Å². The molecule has 0 radical (unpaired) electrons. The van der Waals surface area contributed by atoms with Gasteiger partial charge >= 0.3 is 5.97 Å². The van der Waals surface area contributed by atoms with Crippen LogP contribution in [0.4, 0.5) is 0 Å². The smallest absolute Gasteiger partial charge is 0.310 e. The second-order valence-corrected chi connectivity index (χ2v) is 3.58. The Morgan fingerprint density at radius 2 is 2.22 bits per heavy atom. The van der Waals surface area contributed by atoms with Crippen LogP contribution in [0, 0.1) is 11.3 Å². The largest absolute Gasteiger partial charge is 0.496 e. The van der Waals surface area contributed by atoms with E-state index in [-0.39, 0.29) is 18.9 Å². The minimum absolute atomic E-state index is 0.0632. The van der Waals surface area contributed by atoms with Gasteiger partial charge in [0.25, 0.3) is 0 Å². The minimum atomic E-state index is -0.359. The zero-order chi connectivity index (χ0) is 13.5. The van der Waals surface area contributed by atoms with Crippen LogP contribution in [0.5, 0.6) is 5.75 Å². The van der Waals surface area contributed by atoms with Crippen molar-refractivity contribution in [1.82, 2.24) is 0 Å². The average Bonchev–Trinajstić information content (AvgIpc) is 2.38. The van der Waals surface area contributed by atoms with Crippen molar-refractivity contribution >= 4 is 5.97 Å². The first-order chi connectivity index (χ1) is 8.67. The topological polar surface area (TPSA) is 85.3 Å². The lowest BCUT2D eigenvalue weighted by molar-refractivity contribution is -0.142. The number of hydrogen-bond acceptors (Lipinski definition) is 5. The first-order valence-electron chi connectivity index (χ1n) is 5.62. The van der Waals surface area contributed by atoms with Crippen molar-refractivity contribution in [2.45, 2.75) is 19.9 Å². The molecule has 0 aliphatic heterocycles. The molecule has 5 nitrogen and oxygen atoms in total. The summed E-state index contributed by atoms with van der Waals surface area (Å²) in [5, 5.41) is 9.18. The van der Waals surface area contributed by atoms with Gasteiger partial charge in [-0.1, -0.05) is 6.07 Å². The highest BCUT2D eigenvalue weighted by Crippen LogP contribution is 2.25. The molecule has 1 aromatic rings. The summed E-state index contributed by atoms with van der Waals surface area (Å²) in [7, 11) is 1.51. The number of esters is 1. The number of ether oxygens (including phenoxy) is 2. The van der Waals surface area contributed by atoms with E-state index in [9.17, 15) is 10.1 Å². The third kappa shape index (κ3) is 2.99. The SMILES string of the molecule is CCOC(=O)Cc1ccc(OC)c(CN)c1C#N. The van der Waals surface area contributed by atoms with Gasteiger partial charge in [0.1, 0.15) is 5.75 Å². The van der Waals surface area contributed by atoms with E-state index in [1.54, 1.807) is 19.1 Å². The van der Waals surface area contributed by atoms with Crippen molar-refractivity contribution in [3.63, 3.8) is 0 Å². The molecule has 1 aromatic carbocycles. The molecular formula is C13H16N2O3. The summed E-state index contributed by atoms with van der Waals surface area (Å²) in [6.07, 6.45) is 0.0632. The Balaban J connectivity index is 3.14. The first kappa shape index (κ1) is 14.0.